The Hall–Kier alpha value is -1.55. The average molecular weight is 491 g/mol. The summed E-state index contributed by atoms with van der Waals surface area (Å²) in [5.41, 5.74) is 1.20. The van der Waals surface area contributed by atoms with Gasteiger partial charge in [-0.2, -0.15) is 0 Å². The molecule has 152 valence electrons. The molecule has 0 radical (unpaired) electrons. The topological polar surface area (TPSA) is 81.2 Å². The molecule has 0 saturated carbocycles. The van der Waals surface area contributed by atoms with Crippen LogP contribution in [0.3, 0.4) is 0 Å². The van der Waals surface area contributed by atoms with E-state index >= 15 is 0 Å². The quantitative estimate of drug-likeness (QED) is 0.264. The first-order valence-electron chi connectivity index (χ1n) is 8.92. The fourth-order valence-electron chi connectivity index (χ4n) is 2.87. The number of nitrogens with zero attached hydrogens (tertiary/aromatic N) is 1. The van der Waals surface area contributed by atoms with Gasteiger partial charge in [-0.05, 0) is 44.4 Å². The first-order chi connectivity index (χ1) is 12.5. The van der Waals surface area contributed by atoms with Crippen LogP contribution in [0, 0.1) is 0 Å². The molecule has 1 aliphatic heterocycles. The molecule has 8 heteroatoms. The molecule has 1 atom stereocenters. The molecule has 0 aromatic heterocycles. The van der Waals surface area contributed by atoms with Crippen molar-refractivity contribution in [1.82, 2.24) is 10.6 Å². The molecule has 27 heavy (non-hydrogen) atoms. The predicted molar refractivity (Wildman–Crippen MR) is 116 cm³/mol. The summed E-state index contributed by atoms with van der Waals surface area (Å²) >= 11 is 0. The Morgan fingerprint density at radius 2 is 2.11 bits per heavy atom. The van der Waals surface area contributed by atoms with Gasteiger partial charge >= 0.3 is 5.97 Å². The molecule has 7 nitrogen and oxygen atoms in total. The number of hydrogen-bond acceptors (Lipinski definition) is 5. The van der Waals surface area contributed by atoms with Crippen LogP contribution >= 0.6 is 24.0 Å². The fraction of sp³-hybridized carbons (Fsp3) is 0.579. The molecule has 1 fully saturated rings. The molecule has 0 amide bonds. The van der Waals surface area contributed by atoms with E-state index in [1.165, 1.54) is 14.2 Å². The number of rotatable bonds is 7. The van der Waals surface area contributed by atoms with Crippen LogP contribution in [0.5, 0.6) is 5.75 Å². The van der Waals surface area contributed by atoms with Gasteiger partial charge in [0.25, 0.3) is 0 Å². The van der Waals surface area contributed by atoms with Crippen molar-refractivity contribution in [1.29, 1.82) is 0 Å². The number of guanidine groups is 1. The zero-order valence-electron chi connectivity index (χ0n) is 16.5. The Balaban J connectivity index is 0.00000364. The van der Waals surface area contributed by atoms with Crippen molar-refractivity contribution in [2.24, 2.45) is 4.99 Å². The average Bonchev–Trinajstić information content (AvgIpc) is 3.10. The standard InChI is InChI=1S/C19H29N3O4.HI/c1-5-20-18(22-13-19(2)9-6-10-26-19)21-12-14-7-8-15(17(23)25-4)16(11-14)24-3;/h7-8,11H,5-6,9-10,12-13H2,1-4H3,(H2,20,21,22);1H. The van der Waals surface area contributed by atoms with E-state index in [-0.39, 0.29) is 29.6 Å². The summed E-state index contributed by atoms with van der Waals surface area (Å²) in [5, 5.41) is 6.59. The molecular weight excluding hydrogens is 461 g/mol. The highest BCUT2D eigenvalue weighted by Gasteiger charge is 2.29. The van der Waals surface area contributed by atoms with Crippen LogP contribution in [0.4, 0.5) is 0 Å². The van der Waals surface area contributed by atoms with Crippen molar-refractivity contribution < 1.29 is 19.0 Å². The lowest BCUT2D eigenvalue weighted by molar-refractivity contribution is 0.0242. The maximum Gasteiger partial charge on any atom is 0.341 e. The molecule has 2 N–H and O–H groups in total. The minimum atomic E-state index is -0.420. The third kappa shape index (κ3) is 6.84. The van der Waals surface area contributed by atoms with E-state index in [9.17, 15) is 4.79 Å². The number of esters is 1. The van der Waals surface area contributed by atoms with Crippen LogP contribution in [-0.4, -0.2) is 51.4 Å². The van der Waals surface area contributed by atoms with E-state index in [0.717, 1.165) is 37.5 Å². The van der Waals surface area contributed by atoms with Crippen molar-refractivity contribution in [3.8, 4) is 5.75 Å². The normalized spacial score (nSPS) is 19.2. The summed E-state index contributed by atoms with van der Waals surface area (Å²) in [4.78, 5) is 16.3. The number of nitrogens with one attached hydrogen (secondary N) is 2. The van der Waals surface area contributed by atoms with Gasteiger partial charge in [0.15, 0.2) is 5.96 Å². The van der Waals surface area contributed by atoms with Crippen molar-refractivity contribution >= 4 is 35.9 Å². The van der Waals surface area contributed by atoms with Crippen molar-refractivity contribution in [3.05, 3.63) is 29.3 Å². The van der Waals surface area contributed by atoms with Gasteiger partial charge in [0.1, 0.15) is 11.3 Å². The summed E-state index contributed by atoms with van der Waals surface area (Å²) in [6.07, 6.45) is 2.14. The molecule has 1 aromatic carbocycles. The lowest BCUT2D eigenvalue weighted by atomic mass is 10.0. The van der Waals surface area contributed by atoms with Gasteiger partial charge in [-0.15, -0.1) is 24.0 Å². The third-order valence-electron chi connectivity index (χ3n) is 4.37. The molecule has 1 aromatic rings. The Morgan fingerprint density at radius 3 is 2.70 bits per heavy atom. The second-order valence-corrected chi connectivity index (χ2v) is 6.48. The van der Waals surface area contributed by atoms with Gasteiger partial charge in [-0.25, -0.2) is 9.79 Å². The minimum Gasteiger partial charge on any atom is -0.496 e. The third-order valence-corrected chi connectivity index (χ3v) is 4.37. The maximum atomic E-state index is 11.7. The lowest BCUT2D eigenvalue weighted by Gasteiger charge is -2.24. The van der Waals surface area contributed by atoms with Gasteiger partial charge in [0, 0.05) is 19.7 Å². The molecule has 1 saturated heterocycles. The number of aliphatic imine (C=N–C) groups is 1. The first kappa shape index (κ1) is 23.5. The van der Waals surface area contributed by atoms with E-state index in [2.05, 4.69) is 22.5 Å². The van der Waals surface area contributed by atoms with Gasteiger partial charge in [-0.1, -0.05) is 6.07 Å². The van der Waals surface area contributed by atoms with Crippen LogP contribution in [0.25, 0.3) is 0 Å². The summed E-state index contributed by atoms with van der Waals surface area (Å²) in [5.74, 6) is 0.798. The summed E-state index contributed by atoms with van der Waals surface area (Å²) in [7, 11) is 2.88. The van der Waals surface area contributed by atoms with Crippen LogP contribution in [0.1, 0.15) is 42.6 Å². The fourth-order valence-corrected chi connectivity index (χ4v) is 2.87. The zero-order valence-corrected chi connectivity index (χ0v) is 18.8. The van der Waals surface area contributed by atoms with Crippen molar-refractivity contribution in [3.63, 3.8) is 0 Å². The second kappa shape index (κ2) is 11.3. The molecule has 1 unspecified atom stereocenters. The molecular formula is C19H30IN3O4. The smallest absolute Gasteiger partial charge is 0.341 e. The zero-order chi connectivity index (χ0) is 19.0. The molecule has 1 aliphatic rings. The van der Waals surface area contributed by atoms with E-state index < -0.39 is 5.97 Å². The number of halogens is 1. The monoisotopic (exact) mass is 491 g/mol. The highest BCUT2D eigenvalue weighted by Crippen LogP contribution is 2.24. The molecule has 0 bridgehead atoms. The number of carbonyl (C=O) groups excluding carboxylic acids is 1. The summed E-state index contributed by atoms with van der Waals surface area (Å²) < 4.78 is 15.9. The highest BCUT2D eigenvalue weighted by atomic mass is 127. The van der Waals surface area contributed by atoms with Crippen LogP contribution < -0.4 is 15.4 Å². The number of hydrogen-bond donors (Lipinski definition) is 2. The Morgan fingerprint density at radius 1 is 1.33 bits per heavy atom. The van der Waals surface area contributed by atoms with Crippen LogP contribution in [0.2, 0.25) is 0 Å². The minimum absolute atomic E-state index is 0. The van der Waals surface area contributed by atoms with E-state index in [4.69, 9.17) is 14.2 Å². The van der Waals surface area contributed by atoms with Crippen molar-refractivity contribution in [2.75, 3.05) is 33.9 Å². The van der Waals surface area contributed by atoms with Crippen LogP contribution in [0.15, 0.2) is 23.2 Å². The second-order valence-electron chi connectivity index (χ2n) is 6.48. The number of carbonyl (C=O) groups is 1. The number of benzene rings is 1. The number of ether oxygens (including phenoxy) is 3. The van der Waals surface area contributed by atoms with Crippen molar-refractivity contribution in [2.45, 2.75) is 38.8 Å². The molecule has 2 rings (SSSR count). The maximum absolute atomic E-state index is 11.7. The molecule has 0 spiro atoms. The van der Waals surface area contributed by atoms with Gasteiger partial charge < -0.3 is 24.8 Å². The predicted octanol–water partition coefficient (Wildman–Crippen LogP) is 2.72. The number of methoxy groups -OCH3 is 2. The SMILES string of the molecule is CCNC(=NCc1ccc(C(=O)OC)c(OC)c1)NCC1(C)CCCO1.I. The summed E-state index contributed by atoms with van der Waals surface area (Å²) in [6.45, 7) is 6.91. The van der Waals surface area contributed by atoms with Gasteiger partial charge in [-0.3, -0.25) is 0 Å². The van der Waals surface area contributed by atoms with E-state index in [1.807, 2.05) is 13.0 Å². The lowest BCUT2D eigenvalue weighted by Crippen LogP contribution is -2.45. The van der Waals surface area contributed by atoms with E-state index in [0.29, 0.717) is 24.4 Å². The highest BCUT2D eigenvalue weighted by molar-refractivity contribution is 14.0. The van der Waals surface area contributed by atoms with E-state index in [1.54, 1.807) is 12.1 Å². The Bertz CT molecular complexity index is 646. The molecule has 0 aliphatic carbocycles. The van der Waals surface area contributed by atoms with Gasteiger partial charge in [0.2, 0.25) is 0 Å². The largest absolute Gasteiger partial charge is 0.496 e. The van der Waals surface area contributed by atoms with Gasteiger partial charge in [0.05, 0.1) is 26.4 Å². The van der Waals surface area contributed by atoms with Crippen LogP contribution in [-0.2, 0) is 16.0 Å². The summed E-state index contributed by atoms with van der Waals surface area (Å²) in [6, 6.07) is 5.35. The first-order valence-corrected chi connectivity index (χ1v) is 8.92. The Labute approximate surface area is 178 Å². The molecule has 1 heterocycles. The Kier molecular flexibility index (Phi) is 9.86.